The zero-order valence-corrected chi connectivity index (χ0v) is 11.9. The lowest BCUT2D eigenvalue weighted by molar-refractivity contribution is -0.581. The van der Waals surface area contributed by atoms with Crippen LogP contribution in [0.3, 0.4) is 0 Å². The molecule has 0 amide bonds. The normalized spacial score (nSPS) is 10.8. The number of aryl methyl sites for hydroxylation is 1. The van der Waals surface area contributed by atoms with Crippen LogP contribution in [0.25, 0.3) is 11.0 Å². The number of carbonyl (C=O) groups excluding carboxylic acids is 1. The van der Waals surface area contributed by atoms with Crippen molar-refractivity contribution in [2.24, 2.45) is 0 Å². The highest BCUT2D eigenvalue weighted by Crippen LogP contribution is 2.17. The zero-order valence-electron chi connectivity index (χ0n) is 11.1. The van der Waals surface area contributed by atoms with Gasteiger partial charge in [0.05, 0.1) is 17.1 Å². The molecule has 3 aromatic rings. The first-order valence-corrected chi connectivity index (χ1v) is 6.62. The Morgan fingerprint density at radius 3 is 2.90 bits per heavy atom. The summed E-state index contributed by atoms with van der Waals surface area (Å²) in [7, 11) is 0. The second kappa shape index (κ2) is 5.10. The number of carbonyl (C=O) groups is 1. The van der Waals surface area contributed by atoms with E-state index in [1.807, 2.05) is 6.92 Å². The molecule has 3 rings (SSSR count). The number of fused-ring (bicyclic) bond motifs is 1. The van der Waals surface area contributed by atoms with Crippen LogP contribution in [0.5, 0.6) is 0 Å². The fourth-order valence-electron chi connectivity index (χ4n) is 2.14. The molecule has 5 nitrogen and oxygen atoms in total. The highest BCUT2D eigenvalue weighted by Gasteiger charge is 2.20. The lowest BCUT2D eigenvalue weighted by Gasteiger charge is -2.05. The summed E-state index contributed by atoms with van der Waals surface area (Å²) in [4.78, 5) is 17.4. The van der Waals surface area contributed by atoms with Crippen LogP contribution in [0.1, 0.15) is 15.9 Å². The number of rotatable bonds is 2. The highest BCUT2D eigenvalue weighted by atomic mass is 35.5. The molecule has 1 aromatic carbocycles. The number of halogens is 1. The Morgan fingerprint density at radius 1 is 1.33 bits per heavy atom. The van der Waals surface area contributed by atoms with Crippen LogP contribution in [-0.4, -0.2) is 10.7 Å². The molecule has 6 heteroatoms. The van der Waals surface area contributed by atoms with E-state index in [0.29, 0.717) is 15.3 Å². The molecule has 21 heavy (non-hydrogen) atoms. The standard InChI is InChI=1S/C15H11ClN2O3/c1-10-9-18(14-13(10)6-3-7-17(14)20)21-15(19)11-4-2-5-12(16)8-11/h2-9H,1H3. The molecule has 2 aromatic heterocycles. The van der Waals surface area contributed by atoms with E-state index in [0.717, 1.165) is 10.9 Å². The third kappa shape index (κ3) is 2.43. The fraction of sp³-hybridized carbons (Fsp3) is 0.0667. The highest BCUT2D eigenvalue weighted by molar-refractivity contribution is 6.30. The van der Waals surface area contributed by atoms with E-state index in [-0.39, 0.29) is 5.65 Å². The van der Waals surface area contributed by atoms with E-state index < -0.39 is 5.97 Å². The van der Waals surface area contributed by atoms with Crippen molar-refractivity contribution in [2.75, 3.05) is 0 Å². The van der Waals surface area contributed by atoms with Gasteiger partial charge in [0.15, 0.2) is 0 Å². The minimum atomic E-state index is -0.585. The number of nitrogens with zero attached hydrogens (tertiary/aromatic N) is 2. The average molecular weight is 303 g/mol. The smallest absolute Gasteiger partial charge is 0.388 e. The van der Waals surface area contributed by atoms with Gasteiger partial charge in [0.2, 0.25) is 0 Å². The van der Waals surface area contributed by atoms with Crippen molar-refractivity contribution >= 4 is 28.6 Å². The van der Waals surface area contributed by atoms with Gasteiger partial charge in [-0.3, -0.25) is 4.84 Å². The van der Waals surface area contributed by atoms with E-state index in [2.05, 4.69) is 0 Å². The van der Waals surface area contributed by atoms with Crippen molar-refractivity contribution in [3.05, 3.63) is 70.1 Å². The van der Waals surface area contributed by atoms with E-state index in [1.165, 1.54) is 17.0 Å². The molecule has 0 saturated carbocycles. The van der Waals surface area contributed by atoms with E-state index >= 15 is 0 Å². The Hall–Kier alpha value is -2.53. The Bertz CT molecular complexity index is 842. The maximum atomic E-state index is 12.1. The van der Waals surface area contributed by atoms with Crippen molar-refractivity contribution in [3.8, 4) is 0 Å². The van der Waals surface area contributed by atoms with Crippen molar-refractivity contribution in [1.82, 2.24) is 4.73 Å². The molecule has 0 radical (unpaired) electrons. The second-order valence-electron chi connectivity index (χ2n) is 4.60. The van der Waals surface area contributed by atoms with Crippen molar-refractivity contribution in [2.45, 2.75) is 6.92 Å². The Balaban J connectivity index is 2.01. The maximum Gasteiger partial charge on any atom is 0.388 e. The molecule has 0 saturated heterocycles. The van der Waals surface area contributed by atoms with Crippen LogP contribution in [0, 0.1) is 12.1 Å². The second-order valence-corrected chi connectivity index (χ2v) is 5.03. The molecule has 0 aliphatic rings. The molecule has 106 valence electrons. The predicted molar refractivity (Wildman–Crippen MR) is 78.0 cm³/mol. The first-order chi connectivity index (χ1) is 10.1. The molecule has 0 unspecified atom stereocenters. The Labute approximate surface area is 125 Å². The van der Waals surface area contributed by atoms with Gasteiger partial charge in [0, 0.05) is 10.6 Å². The van der Waals surface area contributed by atoms with Crippen LogP contribution < -0.4 is 9.57 Å². The van der Waals surface area contributed by atoms with E-state index in [1.54, 1.807) is 36.5 Å². The molecule has 2 heterocycles. The van der Waals surface area contributed by atoms with Gasteiger partial charge < -0.3 is 5.21 Å². The van der Waals surface area contributed by atoms with Gasteiger partial charge in [-0.05, 0) is 42.0 Å². The van der Waals surface area contributed by atoms with Crippen molar-refractivity contribution in [3.63, 3.8) is 0 Å². The Morgan fingerprint density at radius 2 is 2.14 bits per heavy atom. The number of benzene rings is 1. The lowest BCUT2D eigenvalue weighted by atomic mass is 10.2. The molecule has 0 bridgehead atoms. The SMILES string of the molecule is Cc1cn(OC(=O)c2cccc(Cl)c2)c2c1ccc[n+]2[O-]. The first-order valence-electron chi connectivity index (χ1n) is 6.24. The summed E-state index contributed by atoms with van der Waals surface area (Å²) in [5, 5.41) is 13.0. The topological polar surface area (TPSA) is 58.2 Å². The Kier molecular flexibility index (Phi) is 3.27. The van der Waals surface area contributed by atoms with Crippen LogP contribution >= 0.6 is 11.6 Å². The van der Waals surface area contributed by atoms with Gasteiger partial charge in [-0.25, -0.2) is 9.52 Å². The minimum absolute atomic E-state index is 0.269. The summed E-state index contributed by atoms with van der Waals surface area (Å²) in [6.07, 6.45) is 2.95. The van der Waals surface area contributed by atoms with Gasteiger partial charge in [-0.1, -0.05) is 17.7 Å². The number of hydrogen-bond acceptors (Lipinski definition) is 3. The largest absolute Gasteiger partial charge is 0.710 e. The van der Waals surface area contributed by atoms with Gasteiger partial charge in [0.25, 0.3) is 0 Å². The lowest BCUT2D eigenvalue weighted by Crippen LogP contribution is -2.31. The van der Waals surface area contributed by atoms with Crippen molar-refractivity contribution < 1.29 is 14.4 Å². The summed E-state index contributed by atoms with van der Waals surface area (Å²) >= 11 is 5.85. The number of aromatic nitrogens is 2. The van der Waals surface area contributed by atoms with E-state index in [9.17, 15) is 10.0 Å². The van der Waals surface area contributed by atoms with Gasteiger partial charge in [-0.2, -0.15) is 0 Å². The zero-order chi connectivity index (χ0) is 15.0. The summed E-state index contributed by atoms with van der Waals surface area (Å²) < 4.78 is 1.84. The number of pyridine rings is 1. The predicted octanol–water partition coefficient (Wildman–Crippen LogP) is 2.51. The quantitative estimate of drug-likeness (QED) is 0.540. The van der Waals surface area contributed by atoms with Crippen LogP contribution in [-0.2, 0) is 0 Å². The average Bonchev–Trinajstić information content (AvgIpc) is 2.77. The summed E-state index contributed by atoms with van der Waals surface area (Å²) in [6.45, 7) is 1.84. The van der Waals surface area contributed by atoms with Crippen LogP contribution in [0.4, 0.5) is 0 Å². The molecule has 0 N–H and O–H groups in total. The molecular weight excluding hydrogens is 292 g/mol. The van der Waals surface area contributed by atoms with Crippen molar-refractivity contribution in [1.29, 1.82) is 0 Å². The maximum absolute atomic E-state index is 12.1. The van der Waals surface area contributed by atoms with E-state index in [4.69, 9.17) is 16.4 Å². The fourth-order valence-corrected chi connectivity index (χ4v) is 2.33. The first kappa shape index (κ1) is 13.5. The third-order valence-electron chi connectivity index (χ3n) is 3.12. The van der Waals surface area contributed by atoms with Crippen LogP contribution in [0.15, 0.2) is 48.8 Å². The molecule has 0 spiro atoms. The van der Waals surface area contributed by atoms with Gasteiger partial charge in [0.1, 0.15) is 6.20 Å². The molecule has 0 fully saturated rings. The molecule has 0 aliphatic carbocycles. The molecule has 0 aliphatic heterocycles. The number of hydrogen-bond donors (Lipinski definition) is 0. The molecule has 0 atom stereocenters. The van der Waals surface area contributed by atoms with Crippen LogP contribution in [0.2, 0.25) is 5.02 Å². The molecular formula is C15H11ClN2O3. The third-order valence-corrected chi connectivity index (χ3v) is 3.36. The summed E-state index contributed by atoms with van der Waals surface area (Å²) in [6, 6.07) is 9.87. The minimum Gasteiger partial charge on any atom is -0.710 e. The van der Waals surface area contributed by atoms with Gasteiger partial charge >= 0.3 is 11.6 Å². The van der Waals surface area contributed by atoms with Gasteiger partial charge in [-0.15, -0.1) is 0 Å². The summed E-state index contributed by atoms with van der Waals surface area (Å²) in [5.74, 6) is -0.585. The monoisotopic (exact) mass is 302 g/mol. The summed E-state index contributed by atoms with van der Waals surface area (Å²) in [5.41, 5.74) is 1.43.